The first kappa shape index (κ1) is 13.3. The molecule has 0 bridgehead atoms. The van der Waals surface area contributed by atoms with Gasteiger partial charge in [-0.2, -0.15) is 0 Å². The van der Waals surface area contributed by atoms with Gasteiger partial charge in [-0.25, -0.2) is 0 Å². The molecule has 1 aliphatic carbocycles. The molecule has 2 aromatic carbocycles. The summed E-state index contributed by atoms with van der Waals surface area (Å²) < 4.78 is 0. The van der Waals surface area contributed by atoms with Crippen molar-refractivity contribution in [2.24, 2.45) is 0 Å². The van der Waals surface area contributed by atoms with E-state index in [1.165, 1.54) is 16.7 Å². The van der Waals surface area contributed by atoms with Crippen molar-refractivity contribution in [3.05, 3.63) is 70.8 Å². The highest BCUT2D eigenvalue weighted by Crippen LogP contribution is 2.34. The number of hydrogen-bond donors (Lipinski definition) is 1. The fourth-order valence-electron chi connectivity index (χ4n) is 3.12. The van der Waals surface area contributed by atoms with Gasteiger partial charge in [-0.1, -0.05) is 48.5 Å². The predicted molar refractivity (Wildman–Crippen MR) is 81.5 cm³/mol. The number of fused-ring (bicyclic) bond motifs is 1. The molecule has 2 nitrogen and oxygen atoms in total. The maximum absolute atomic E-state index is 10.5. The molecular formula is C18H21NO. The monoisotopic (exact) mass is 267 g/mol. The van der Waals surface area contributed by atoms with Crippen molar-refractivity contribution in [3.8, 4) is 0 Å². The topological polar surface area (TPSA) is 23.5 Å². The Labute approximate surface area is 120 Å². The Morgan fingerprint density at radius 3 is 2.55 bits per heavy atom. The van der Waals surface area contributed by atoms with Gasteiger partial charge in [0.2, 0.25) is 0 Å². The maximum atomic E-state index is 10.5. The van der Waals surface area contributed by atoms with Crippen LogP contribution in [0.2, 0.25) is 0 Å². The Bertz CT molecular complexity index is 608. The van der Waals surface area contributed by atoms with E-state index in [0.29, 0.717) is 0 Å². The van der Waals surface area contributed by atoms with E-state index >= 15 is 0 Å². The molecule has 0 radical (unpaired) electrons. The van der Waals surface area contributed by atoms with Crippen LogP contribution in [-0.2, 0) is 13.0 Å². The van der Waals surface area contributed by atoms with Crippen LogP contribution >= 0.6 is 0 Å². The van der Waals surface area contributed by atoms with Crippen LogP contribution in [0.4, 0.5) is 0 Å². The van der Waals surface area contributed by atoms with Crippen LogP contribution in [0.15, 0.2) is 48.5 Å². The number of rotatable bonds is 3. The van der Waals surface area contributed by atoms with Crippen LogP contribution in [0.5, 0.6) is 0 Å². The number of benzene rings is 2. The second-order valence-corrected chi connectivity index (χ2v) is 5.76. The van der Waals surface area contributed by atoms with Crippen LogP contribution < -0.4 is 0 Å². The molecule has 0 aliphatic heterocycles. The summed E-state index contributed by atoms with van der Waals surface area (Å²) in [6.07, 6.45) is 0.555. The Morgan fingerprint density at radius 1 is 1.10 bits per heavy atom. The molecule has 0 heterocycles. The van der Waals surface area contributed by atoms with E-state index in [9.17, 15) is 5.11 Å². The molecule has 0 aromatic heterocycles. The van der Waals surface area contributed by atoms with Crippen molar-refractivity contribution >= 4 is 0 Å². The normalized spacial score (nSPS) is 21.2. The Hall–Kier alpha value is -1.64. The van der Waals surface area contributed by atoms with Crippen LogP contribution in [0.25, 0.3) is 0 Å². The summed E-state index contributed by atoms with van der Waals surface area (Å²) in [5.74, 6) is 0. The van der Waals surface area contributed by atoms with Gasteiger partial charge in [-0.3, -0.25) is 4.90 Å². The third-order valence-corrected chi connectivity index (χ3v) is 4.41. The summed E-state index contributed by atoms with van der Waals surface area (Å²) >= 11 is 0. The summed E-state index contributed by atoms with van der Waals surface area (Å²) in [5, 5.41) is 10.5. The van der Waals surface area contributed by atoms with E-state index < -0.39 is 0 Å². The maximum Gasteiger partial charge on any atom is 0.0951 e. The zero-order chi connectivity index (χ0) is 14.1. The number of likely N-dealkylation sites (N-methyl/N-ethyl adjacent to an activating group) is 1. The predicted octanol–water partition coefficient (Wildman–Crippen LogP) is 3.09. The quantitative estimate of drug-likeness (QED) is 0.923. The van der Waals surface area contributed by atoms with E-state index in [4.69, 9.17) is 0 Å². The van der Waals surface area contributed by atoms with Gasteiger partial charge in [0.05, 0.1) is 6.10 Å². The van der Waals surface area contributed by atoms with Gasteiger partial charge in [0, 0.05) is 12.6 Å². The zero-order valence-electron chi connectivity index (χ0n) is 12.1. The molecule has 0 amide bonds. The zero-order valence-corrected chi connectivity index (χ0v) is 12.1. The van der Waals surface area contributed by atoms with Crippen molar-refractivity contribution in [2.75, 3.05) is 7.05 Å². The molecule has 0 spiro atoms. The fourth-order valence-corrected chi connectivity index (χ4v) is 3.12. The molecule has 0 saturated heterocycles. The molecule has 104 valence electrons. The van der Waals surface area contributed by atoms with E-state index in [1.54, 1.807) is 0 Å². The number of hydrogen-bond acceptors (Lipinski definition) is 2. The highest BCUT2D eigenvalue weighted by atomic mass is 16.3. The lowest BCUT2D eigenvalue weighted by Gasteiger charge is -2.27. The van der Waals surface area contributed by atoms with Crippen molar-refractivity contribution in [1.82, 2.24) is 4.90 Å². The molecule has 2 atom stereocenters. The van der Waals surface area contributed by atoms with Gasteiger partial charge in [-0.05, 0) is 42.6 Å². The molecule has 1 N–H and O–H groups in total. The summed E-state index contributed by atoms with van der Waals surface area (Å²) in [6.45, 7) is 3.02. The average molecular weight is 267 g/mol. The minimum absolute atomic E-state index is 0.173. The first-order chi connectivity index (χ1) is 9.66. The molecule has 2 unspecified atom stereocenters. The van der Waals surface area contributed by atoms with Gasteiger partial charge in [-0.15, -0.1) is 0 Å². The molecule has 20 heavy (non-hydrogen) atoms. The third kappa shape index (κ3) is 2.37. The lowest BCUT2D eigenvalue weighted by Crippen LogP contribution is -2.34. The van der Waals surface area contributed by atoms with Gasteiger partial charge in [0.15, 0.2) is 0 Å². The smallest absolute Gasteiger partial charge is 0.0951 e. The van der Waals surface area contributed by atoms with E-state index in [-0.39, 0.29) is 12.1 Å². The van der Waals surface area contributed by atoms with Crippen LogP contribution in [-0.4, -0.2) is 23.1 Å². The Morgan fingerprint density at radius 2 is 1.80 bits per heavy atom. The van der Waals surface area contributed by atoms with E-state index in [0.717, 1.165) is 18.5 Å². The number of aliphatic hydroxyl groups excluding tert-OH is 1. The minimum atomic E-state index is -0.375. The van der Waals surface area contributed by atoms with Crippen molar-refractivity contribution in [2.45, 2.75) is 32.0 Å². The van der Waals surface area contributed by atoms with Gasteiger partial charge in [0.1, 0.15) is 0 Å². The number of aliphatic hydroxyl groups is 1. The van der Waals surface area contributed by atoms with Crippen molar-refractivity contribution < 1.29 is 5.11 Å². The van der Waals surface area contributed by atoms with Crippen LogP contribution in [0.1, 0.15) is 28.4 Å². The lowest BCUT2D eigenvalue weighted by atomic mass is 10.1. The molecule has 2 aromatic rings. The van der Waals surface area contributed by atoms with Crippen LogP contribution in [0.3, 0.4) is 0 Å². The SMILES string of the molecule is Cc1ccccc1CN(C)C1Cc2ccccc2C1O. The number of aryl methyl sites for hydroxylation is 1. The summed E-state index contributed by atoms with van der Waals surface area (Å²) in [4.78, 5) is 2.27. The third-order valence-electron chi connectivity index (χ3n) is 4.41. The molecule has 1 aliphatic rings. The van der Waals surface area contributed by atoms with E-state index in [1.807, 2.05) is 12.1 Å². The highest BCUT2D eigenvalue weighted by Gasteiger charge is 2.33. The van der Waals surface area contributed by atoms with E-state index in [2.05, 4.69) is 55.3 Å². The Kier molecular flexibility index (Phi) is 3.60. The first-order valence-electron chi connectivity index (χ1n) is 7.17. The average Bonchev–Trinajstić information content (AvgIpc) is 2.79. The molecular weight excluding hydrogens is 246 g/mol. The number of nitrogens with zero attached hydrogens (tertiary/aromatic N) is 1. The van der Waals surface area contributed by atoms with Crippen LogP contribution in [0, 0.1) is 6.92 Å². The molecule has 2 heteroatoms. The summed E-state index contributed by atoms with van der Waals surface area (Å²) in [6, 6.07) is 16.9. The Balaban J connectivity index is 1.77. The summed E-state index contributed by atoms with van der Waals surface area (Å²) in [7, 11) is 2.10. The summed E-state index contributed by atoms with van der Waals surface area (Å²) in [5.41, 5.74) is 5.01. The minimum Gasteiger partial charge on any atom is -0.387 e. The first-order valence-corrected chi connectivity index (χ1v) is 7.17. The molecule has 0 saturated carbocycles. The van der Waals surface area contributed by atoms with Gasteiger partial charge >= 0.3 is 0 Å². The standard InChI is InChI=1S/C18H21NO/c1-13-7-3-4-9-15(13)12-19(2)17-11-14-8-5-6-10-16(14)18(17)20/h3-10,17-18,20H,11-12H2,1-2H3. The molecule has 0 fully saturated rings. The van der Waals surface area contributed by atoms with Gasteiger partial charge < -0.3 is 5.11 Å². The van der Waals surface area contributed by atoms with Crippen molar-refractivity contribution in [3.63, 3.8) is 0 Å². The largest absolute Gasteiger partial charge is 0.387 e. The lowest BCUT2D eigenvalue weighted by molar-refractivity contribution is 0.0720. The second-order valence-electron chi connectivity index (χ2n) is 5.76. The van der Waals surface area contributed by atoms with Crippen molar-refractivity contribution in [1.29, 1.82) is 0 Å². The second kappa shape index (κ2) is 5.39. The molecule has 3 rings (SSSR count). The van der Waals surface area contributed by atoms with Gasteiger partial charge in [0.25, 0.3) is 0 Å². The fraction of sp³-hybridized carbons (Fsp3) is 0.333. The highest BCUT2D eigenvalue weighted by molar-refractivity contribution is 5.36.